The van der Waals surface area contributed by atoms with Gasteiger partial charge < -0.3 is 10.3 Å². The fraction of sp³-hybridized carbons (Fsp3) is 0.182. The molecule has 1 heterocycles. The lowest BCUT2D eigenvalue weighted by atomic mass is 10.2. The molecule has 0 aliphatic rings. The van der Waals surface area contributed by atoms with Crippen LogP contribution in [0.4, 0.5) is 5.69 Å². The van der Waals surface area contributed by atoms with E-state index in [-0.39, 0.29) is 0 Å². The van der Waals surface area contributed by atoms with Crippen LogP contribution in [0.15, 0.2) is 30.5 Å². The molecule has 1 aromatic carbocycles. The van der Waals surface area contributed by atoms with Gasteiger partial charge in [-0.2, -0.15) is 0 Å². The van der Waals surface area contributed by atoms with Crippen LogP contribution in [0.1, 0.15) is 5.69 Å². The first-order valence-electron chi connectivity index (χ1n) is 4.59. The van der Waals surface area contributed by atoms with Crippen molar-refractivity contribution in [2.24, 2.45) is 0 Å². The molecule has 0 spiro atoms. The molecule has 0 amide bonds. The van der Waals surface area contributed by atoms with E-state index < -0.39 is 0 Å². The summed E-state index contributed by atoms with van der Waals surface area (Å²) < 4.78 is 0. The molecular weight excluding hydrogens is 174 g/mol. The molecule has 2 rings (SSSR count). The normalized spacial score (nSPS) is 10.1. The van der Waals surface area contributed by atoms with Gasteiger partial charge >= 0.3 is 0 Å². The third-order valence-corrected chi connectivity index (χ3v) is 2.13. The minimum Gasteiger partial charge on any atom is -0.388 e. The Morgan fingerprint density at radius 3 is 2.86 bits per heavy atom. The van der Waals surface area contributed by atoms with Gasteiger partial charge in [0.1, 0.15) is 5.82 Å². The number of hydrogen-bond acceptors (Lipinski definition) is 2. The van der Waals surface area contributed by atoms with Crippen LogP contribution < -0.4 is 5.32 Å². The Kier molecular flexibility index (Phi) is 2.23. The third-order valence-electron chi connectivity index (χ3n) is 2.13. The van der Waals surface area contributed by atoms with E-state index in [1.807, 2.05) is 38.4 Å². The van der Waals surface area contributed by atoms with Crippen molar-refractivity contribution in [3.8, 4) is 11.4 Å². The van der Waals surface area contributed by atoms with Crippen LogP contribution in [0.2, 0.25) is 0 Å². The molecule has 0 aliphatic heterocycles. The fourth-order valence-corrected chi connectivity index (χ4v) is 1.38. The van der Waals surface area contributed by atoms with Gasteiger partial charge in [-0.25, -0.2) is 4.98 Å². The Bertz CT molecular complexity index is 432. The Hall–Kier alpha value is -1.77. The summed E-state index contributed by atoms with van der Waals surface area (Å²) >= 11 is 0. The number of imidazole rings is 1. The maximum Gasteiger partial charge on any atom is 0.137 e. The van der Waals surface area contributed by atoms with Crippen LogP contribution in [0.25, 0.3) is 11.4 Å². The van der Waals surface area contributed by atoms with Crippen LogP contribution in [0.3, 0.4) is 0 Å². The van der Waals surface area contributed by atoms with E-state index in [1.165, 1.54) is 0 Å². The fourth-order valence-electron chi connectivity index (χ4n) is 1.38. The Morgan fingerprint density at radius 1 is 1.36 bits per heavy atom. The highest BCUT2D eigenvalue weighted by molar-refractivity contribution is 5.62. The van der Waals surface area contributed by atoms with E-state index in [0.29, 0.717) is 0 Å². The van der Waals surface area contributed by atoms with Crippen molar-refractivity contribution in [2.45, 2.75) is 6.92 Å². The van der Waals surface area contributed by atoms with E-state index in [2.05, 4.69) is 21.4 Å². The molecular formula is C11H13N3. The van der Waals surface area contributed by atoms with Crippen molar-refractivity contribution in [3.63, 3.8) is 0 Å². The molecule has 2 N–H and O–H groups in total. The number of hydrogen-bond donors (Lipinski definition) is 2. The van der Waals surface area contributed by atoms with Gasteiger partial charge in [0.15, 0.2) is 0 Å². The highest BCUT2D eigenvalue weighted by Gasteiger charge is 2.01. The number of H-pyrrole nitrogens is 1. The topological polar surface area (TPSA) is 40.7 Å². The van der Waals surface area contributed by atoms with Gasteiger partial charge in [-0.15, -0.1) is 0 Å². The second-order valence-electron chi connectivity index (χ2n) is 3.25. The van der Waals surface area contributed by atoms with Crippen molar-refractivity contribution in [1.82, 2.24) is 9.97 Å². The van der Waals surface area contributed by atoms with Crippen LogP contribution >= 0.6 is 0 Å². The average Bonchev–Trinajstić information content (AvgIpc) is 2.65. The smallest absolute Gasteiger partial charge is 0.137 e. The lowest BCUT2D eigenvalue weighted by molar-refractivity contribution is 1.25. The molecule has 0 saturated heterocycles. The van der Waals surface area contributed by atoms with Gasteiger partial charge in [0.25, 0.3) is 0 Å². The summed E-state index contributed by atoms with van der Waals surface area (Å²) in [6.45, 7) is 2.00. The van der Waals surface area contributed by atoms with Crippen LogP contribution in [0, 0.1) is 6.92 Å². The third kappa shape index (κ3) is 1.62. The summed E-state index contributed by atoms with van der Waals surface area (Å²) in [4.78, 5) is 7.48. The molecule has 0 bridgehead atoms. The molecule has 0 atom stereocenters. The predicted octanol–water partition coefficient (Wildman–Crippen LogP) is 2.43. The second kappa shape index (κ2) is 3.54. The number of benzene rings is 1. The zero-order chi connectivity index (χ0) is 9.97. The molecule has 2 aromatic rings. The number of anilines is 1. The Balaban J connectivity index is 2.41. The first-order chi connectivity index (χ1) is 6.79. The summed E-state index contributed by atoms with van der Waals surface area (Å²) in [6.07, 6.45) is 1.83. The van der Waals surface area contributed by atoms with Crippen molar-refractivity contribution in [3.05, 3.63) is 36.2 Å². The van der Waals surface area contributed by atoms with Crippen LogP contribution in [-0.2, 0) is 0 Å². The SMILES string of the molecule is CNc1cccc(-c2ncc(C)[nH]2)c1. The highest BCUT2D eigenvalue weighted by Crippen LogP contribution is 2.19. The number of aromatic amines is 1. The minimum atomic E-state index is 0.916. The Labute approximate surface area is 83.2 Å². The van der Waals surface area contributed by atoms with E-state index >= 15 is 0 Å². The molecule has 0 saturated carbocycles. The highest BCUT2D eigenvalue weighted by atomic mass is 14.9. The maximum absolute atomic E-state index is 4.28. The largest absolute Gasteiger partial charge is 0.388 e. The van der Waals surface area contributed by atoms with Crippen LogP contribution in [0.5, 0.6) is 0 Å². The molecule has 0 aliphatic carbocycles. The first-order valence-corrected chi connectivity index (χ1v) is 4.59. The number of aryl methyl sites for hydroxylation is 1. The van der Waals surface area contributed by atoms with Gasteiger partial charge in [-0.05, 0) is 19.1 Å². The minimum absolute atomic E-state index is 0.916. The zero-order valence-corrected chi connectivity index (χ0v) is 8.33. The predicted molar refractivity (Wildman–Crippen MR) is 58.3 cm³/mol. The molecule has 3 heteroatoms. The van der Waals surface area contributed by atoms with Crippen LogP contribution in [-0.4, -0.2) is 17.0 Å². The quantitative estimate of drug-likeness (QED) is 0.758. The molecule has 14 heavy (non-hydrogen) atoms. The van der Waals surface area contributed by atoms with E-state index in [9.17, 15) is 0 Å². The number of aromatic nitrogens is 2. The molecule has 0 radical (unpaired) electrons. The molecule has 3 nitrogen and oxygen atoms in total. The zero-order valence-electron chi connectivity index (χ0n) is 8.33. The van der Waals surface area contributed by atoms with E-state index in [0.717, 1.165) is 22.8 Å². The first kappa shape index (κ1) is 8.81. The number of nitrogens with zero attached hydrogens (tertiary/aromatic N) is 1. The summed E-state index contributed by atoms with van der Waals surface area (Å²) in [5.74, 6) is 0.916. The van der Waals surface area contributed by atoms with Crippen molar-refractivity contribution < 1.29 is 0 Å². The van der Waals surface area contributed by atoms with Crippen molar-refractivity contribution in [2.75, 3.05) is 12.4 Å². The standard InChI is InChI=1S/C11H13N3/c1-8-7-13-11(14-8)9-4-3-5-10(6-9)12-2/h3-7,12H,1-2H3,(H,13,14). The summed E-state index contributed by atoms with van der Waals surface area (Å²) in [5, 5.41) is 3.10. The van der Waals surface area contributed by atoms with Crippen molar-refractivity contribution >= 4 is 5.69 Å². The Morgan fingerprint density at radius 2 is 2.21 bits per heavy atom. The summed E-state index contributed by atoms with van der Waals surface area (Å²) in [5.41, 5.74) is 3.27. The lowest BCUT2D eigenvalue weighted by Gasteiger charge is -2.01. The molecule has 0 unspecified atom stereocenters. The second-order valence-corrected chi connectivity index (χ2v) is 3.25. The monoisotopic (exact) mass is 187 g/mol. The van der Waals surface area contributed by atoms with Gasteiger partial charge in [-0.1, -0.05) is 12.1 Å². The lowest BCUT2D eigenvalue weighted by Crippen LogP contribution is -1.88. The van der Waals surface area contributed by atoms with Gasteiger partial charge in [0, 0.05) is 30.2 Å². The summed E-state index contributed by atoms with van der Waals surface area (Å²) in [7, 11) is 1.91. The average molecular weight is 187 g/mol. The van der Waals surface area contributed by atoms with Gasteiger partial charge in [-0.3, -0.25) is 0 Å². The van der Waals surface area contributed by atoms with Crippen molar-refractivity contribution in [1.29, 1.82) is 0 Å². The molecule has 0 fully saturated rings. The number of nitrogens with one attached hydrogen (secondary N) is 2. The maximum atomic E-state index is 4.28. The number of rotatable bonds is 2. The van der Waals surface area contributed by atoms with Gasteiger partial charge in [0.2, 0.25) is 0 Å². The molecule has 1 aromatic heterocycles. The van der Waals surface area contributed by atoms with Gasteiger partial charge in [0.05, 0.1) is 0 Å². The van der Waals surface area contributed by atoms with E-state index in [1.54, 1.807) is 0 Å². The summed E-state index contributed by atoms with van der Waals surface area (Å²) in [6, 6.07) is 8.15. The molecule has 72 valence electrons. The van der Waals surface area contributed by atoms with E-state index in [4.69, 9.17) is 0 Å².